The molecule has 1 aliphatic rings. The quantitative estimate of drug-likeness (QED) is 0.299. The van der Waals surface area contributed by atoms with Gasteiger partial charge in [-0.25, -0.2) is 0 Å². The minimum absolute atomic E-state index is 0.0702. The third-order valence-electron chi connectivity index (χ3n) is 7.14. The molecule has 4 aromatic rings. The van der Waals surface area contributed by atoms with Gasteiger partial charge in [0.05, 0.1) is 5.69 Å². The first-order chi connectivity index (χ1) is 16.8. The molecule has 0 radical (unpaired) electrons. The van der Waals surface area contributed by atoms with Crippen molar-refractivity contribution in [3.63, 3.8) is 0 Å². The molecule has 0 aliphatic carbocycles. The smallest absolute Gasteiger partial charge is 0.229 e. The summed E-state index contributed by atoms with van der Waals surface area (Å²) in [5.74, 6) is 0.102. The minimum Gasteiger partial charge on any atom is -0.307 e. The van der Waals surface area contributed by atoms with E-state index in [0.29, 0.717) is 5.25 Å². The van der Waals surface area contributed by atoms with Crippen LogP contribution in [0.25, 0.3) is 45.3 Å². The number of para-hydroxylation sites is 1. The number of fused-ring (bicyclic) bond motifs is 4. The average molecular weight is 478 g/mol. The van der Waals surface area contributed by atoms with Gasteiger partial charge in [-0.05, 0) is 56.6 Å². The number of carbonyl (C=O) groups excluding carboxylic acids is 1. The molecule has 0 saturated carbocycles. The van der Waals surface area contributed by atoms with Crippen molar-refractivity contribution in [3.05, 3.63) is 83.8 Å². The van der Waals surface area contributed by atoms with Crippen molar-refractivity contribution in [2.45, 2.75) is 43.9 Å². The summed E-state index contributed by atoms with van der Waals surface area (Å²) in [6, 6.07) is 21.6. The highest BCUT2D eigenvalue weighted by Gasteiger charge is 2.36. The van der Waals surface area contributed by atoms with Gasteiger partial charge in [0.2, 0.25) is 5.91 Å². The molecule has 176 valence electrons. The summed E-state index contributed by atoms with van der Waals surface area (Å²) < 4.78 is 0. The lowest BCUT2D eigenvalue weighted by Gasteiger charge is -2.41. The predicted octanol–water partition coefficient (Wildman–Crippen LogP) is 6.91. The number of rotatable bonds is 3. The monoisotopic (exact) mass is 477 g/mol. The summed E-state index contributed by atoms with van der Waals surface area (Å²) in [5.41, 5.74) is 3.23. The molecule has 0 spiro atoms. The van der Waals surface area contributed by atoms with E-state index < -0.39 is 0 Å². The van der Waals surface area contributed by atoms with Gasteiger partial charge in [0, 0.05) is 27.7 Å². The lowest BCUT2D eigenvalue weighted by molar-refractivity contribution is -0.121. The lowest BCUT2D eigenvalue weighted by atomic mass is 9.93. The SMILES string of the molecule is C=C/C=c1\c(=C)c2ccccc2c2ccc(-c3cccc4c3N(C(=O)C(C)C)C(C)C(C)S4)cc12. The Morgan fingerprint density at radius 2 is 1.69 bits per heavy atom. The molecule has 2 nitrogen and oxygen atoms in total. The molecule has 0 aromatic heterocycles. The molecule has 0 N–H and O–H groups in total. The number of allylic oxidation sites excluding steroid dienone is 1. The minimum atomic E-state index is -0.0702. The van der Waals surface area contributed by atoms with Gasteiger partial charge in [-0.15, -0.1) is 11.8 Å². The summed E-state index contributed by atoms with van der Waals surface area (Å²) in [6.45, 7) is 16.7. The maximum Gasteiger partial charge on any atom is 0.229 e. The summed E-state index contributed by atoms with van der Waals surface area (Å²) in [6.07, 6.45) is 3.88. The molecule has 1 aliphatic heterocycles. The predicted molar refractivity (Wildman–Crippen MR) is 153 cm³/mol. The number of amides is 1. The first kappa shape index (κ1) is 23.4. The molecule has 1 heterocycles. The first-order valence-corrected chi connectivity index (χ1v) is 13.1. The second kappa shape index (κ2) is 9.05. The van der Waals surface area contributed by atoms with Gasteiger partial charge in [0.15, 0.2) is 0 Å². The number of nitrogens with zero attached hydrogens (tertiary/aromatic N) is 1. The number of thioether (sulfide) groups is 1. The van der Waals surface area contributed by atoms with Gasteiger partial charge in [-0.3, -0.25) is 4.79 Å². The Bertz CT molecular complexity index is 1600. The number of hydrogen-bond donors (Lipinski definition) is 0. The summed E-state index contributed by atoms with van der Waals surface area (Å²) in [4.78, 5) is 16.6. The van der Waals surface area contributed by atoms with Crippen LogP contribution in [0.2, 0.25) is 0 Å². The second-order valence-electron chi connectivity index (χ2n) is 9.68. The molecule has 0 saturated heterocycles. The van der Waals surface area contributed by atoms with Gasteiger partial charge in [-0.1, -0.05) is 94.6 Å². The fraction of sp³-hybridized carbons (Fsp3) is 0.219. The Balaban J connectivity index is 1.83. The first-order valence-electron chi connectivity index (χ1n) is 12.2. The van der Waals surface area contributed by atoms with Crippen LogP contribution in [0.5, 0.6) is 0 Å². The van der Waals surface area contributed by atoms with E-state index in [1.807, 2.05) is 36.6 Å². The van der Waals surface area contributed by atoms with Gasteiger partial charge in [0.25, 0.3) is 0 Å². The van der Waals surface area contributed by atoms with Crippen LogP contribution in [0.4, 0.5) is 5.69 Å². The average Bonchev–Trinajstić information content (AvgIpc) is 2.86. The molecular formula is C32H31NOS. The van der Waals surface area contributed by atoms with Crippen LogP contribution < -0.4 is 15.3 Å². The Labute approximate surface area is 211 Å². The molecule has 35 heavy (non-hydrogen) atoms. The molecule has 0 fully saturated rings. The Morgan fingerprint density at radius 1 is 0.971 bits per heavy atom. The molecule has 2 atom stereocenters. The molecule has 1 amide bonds. The third-order valence-corrected chi connectivity index (χ3v) is 8.49. The number of carbonyl (C=O) groups is 1. The zero-order chi connectivity index (χ0) is 24.9. The van der Waals surface area contributed by atoms with Crippen LogP contribution in [-0.2, 0) is 4.79 Å². The van der Waals surface area contributed by atoms with E-state index in [0.717, 1.165) is 42.9 Å². The maximum atomic E-state index is 13.4. The van der Waals surface area contributed by atoms with E-state index in [1.165, 1.54) is 10.8 Å². The van der Waals surface area contributed by atoms with Crippen molar-refractivity contribution in [2.24, 2.45) is 5.92 Å². The van der Waals surface area contributed by atoms with Crippen molar-refractivity contribution >= 4 is 57.6 Å². The standard InChI is InChI=1S/C32H31NOS/c1-7-11-24-20(4)25-12-8-9-13-27(25)28-17-16-23(18-29(24)28)26-14-10-15-30-31(26)33(32(34)19(2)3)21(5)22(6)35-30/h7-19,21-22H,1,4H2,2-3,5-6H3/b24-11+. The van der Waals surface area contributed by atoms with E-state index in [-0.39, 0.29) is 17.9 Å². The van der Waals surface area contributed by atoms with Gasteiger partial charge < -0.3 is 4.90 Å². The normalized spacial score (nSPS) is 18.3. The van der Waals surface area contributed by atoms with Crippen molar-refractivity contribution < 1.29 is 4.79 Å². The fourth-order valence-electron chi connectivity index (χ4n) is 5.17. The van der Waals surface area contributed by atoms with Gasteiger partial charge in [-0.2, -0.15) is 0 Å². The van der Waals surface area contributed by atoms with Gasteiger partial charge in [0.1, 0.15) is 0 Å². The summed E-state index contributed by atoms with van der Waals surface area (Å²) in [7, 11) is 0. The van der Waals surface area contributed by atoms with E-state index in [1.54, 1.807) is 0 Å². The third kappa shape index (κ3) is 3.79. The maximum absolute atomic E-state index is 13.4. The highest BCUT2D eigenvalue weighted by molar-refractivity contribution is 8.00. The number of hydrogen-bond acceptors (Lipinski definition) is 2. The van der Waals surface area contributed by atoms with Crippen LogP contribution in [0.15, 0.2) is 78.2 Å². The van der Waals surface area contributed by atoms with Crippen LogP contribution in [0, 0.1) is 5.92 Å². The zero-order valence-corrected chi connectivity index (χ0v) is 21.7. The molecular weight excluding hydrogens is 446 g/mol. The van der Waals surface area contributed by atoms with Crippen molar-refractivity contribution in [3.8, 4) is 11.1 Å². The molecule has 5 rings (SSSR count). The van der Waals surface area contributed by atoms with Crippen LogP contribution >= 0.6 is 11.8 Å². The van der Waals surface area contributed by atoms with Crippen molar-refractivity contribution in [1.82, 2.24) is 0 Å². The Morgan fingerprint density at radius 3 is 2.40 bits per heavy atom. The Kier molecular flexibility index (Phi) is 6.06. The number of anilines is 1. The molecule has 0 bridgehead atoms. The summed E-state index contributed by atoms with van der Waals surface area (Å²) >= 11 is 1.86. The van der Waals surface area contributed by atoms with Crippen molar-refractivity contribution in [2.75, 3.05) is 4.90 Å². The highest BCUT2D eigenvalue weighted by atomic mass is 32.2. The molecule has 3 heteroatoms. The van der Waals surface area contributed by atoms with Crippen LogP contribution in [0.3, 0.4) is 0 Å². The lowest BCUT2D eigenvalue weighted by Crippen LogP contribution is -2.48. The molecule has 2 unspecified atom stereocenters. The van der Waals surface area contributed by atoms with Gasteiger partial charge >= 0.3 is 0 Å². The number of benzene rings is 4. The largest absolute Gasteiger partial charge is 0.307 e. The topological polar surface area (TPSA) is 20.3 Å². The van der Waals surface area contributed by atoms with E-state index in [9.17, 15) is 4.79 Å². The zero-order valence-electron chi connectivity index (χ0n) is 20.8. The van der Waals surface area contributed by atoms with Crippen molar-refractivity contribution in [1.29, 1.82) is 0 Å². The van der Waals surface area contributed by atoms with Crippen LogP contribution in [0.1, 0.15) is 27.7 Å². The second-order valence-corrected chi connectivity index (χ2v) is 11.1. The van der Waals surface area contributed by atoms with E-state index in [2.05, 4.69) is 93.7 Å². The molecule has 4 aromatic carbocycles. The summed E-state index contributed by atoms with van der Waals surface area (Å²) in [5, 5.41) is 7.12. The highest BCUT2D eigenvalue weighted by Crippen LogP contribution is 2.47. The van der Waals surface area contributed by atoms with Crippen LogP contribution in [-0.4, -0.2) is 17.2 Å². The van der Waals surface area contributed by atoms with E-state index in [4.69, 9.17) is 0 Å². The van der Waals surface area contributed by atoms with E-state index >= 15 is 0 Å². The Hall–Kier alpha value is -3.30. The fourth-order valence-corrected chi connectivity index (χ4v) is 6.36.